The molecule has 26 heavy (non-hydrogen) atoms. The maximum absolute atomic E-state index is 12.5. The van der Waals surface area contributed by atoms with Gasteiger partial charge in [0.15, 0.2) is 23.8 Å². The third-order valence-corrected chi connectivity index (χ3v) is 5.11. The molecule has 2 aromatic heterocycles. The van der Waals surface area contributed by atoms with Gasteiger partial charge in [-0.25, -0.2) is 15.0 Å². The highest BCUT2D eigenvalue weighted by molar-refractivity contribution is 5.83. The van der Waals surface area contributed by atoms with Crippen molar-refractivity contribution in [3.05, 3.63) is 12.7 Å². The number of imidazole rings is 1. The Morgan fingerprint density at radius 3 is 2.73 bits per heavy atom. The molecule has 0 bridgehead atoms. The van der Waals surface area contributed by atoms with Gasteiger partial charge in [0.05, 0.1) is 6.33 Å². The molecule has 2 aliphatic rings. The van der Waals surface area contributed by atoms with Gasteiger partial charge in [0.25, 0.3) is 5.91 Å². The van der Waals surface area contributed by atoms with Gasteiger partial charge < -0.3 is 26.0 Å². The average molecular weight is 362 g/mol. The second-order valence-electron chi connectivity index (χ2n) is 6.85. The van der Waals surface area contributed by atoms with Crippen LogP contribution < -0.4 is 11.1 Å². The van der Waals surface area contributed by atoms with Crippen molar-refractivity contribution in [2.75, 3.05) is 5.73 Å². The summed E-state index contributed by atoms with van der Waals surface area (Å²) in [5, 5.41) is 23.6. The number of hydrogen-bond donors (Lipinski definition) is 4. The molecule has 4 rings (SSSR count). The molecule has 3 heterocycles. The van der Waals surface area contributed by atoms with Gasteiger partial charge in [-0.2, -0.15) is 0 Å². The fraction of sp³-hybridized carbons (Fsp3) is 0.625. The van der Waals surface area contributed by atoms with Crippen molar-refractivity contribution in [3.63, 3.8) is 0 Å². The van der Waals surface area contributed by atoms with Gasteiger partial charge in [-0.3, -0.25) is 9.36 Å². The van der Waals surface area contributed by atoms with Gasteiger partial charge in [-0.1, -0.05) is 19.3 Å². The van der Waals surface area contributed by atoms with E-state index in [1.54, 1.807) is 0 Å². The number of carbonyl (C=O) groups is 1. The first-order valence-corrected chi connectivity index (χ1v) is 8.81. The minimum atomic E-state index is -1.35. The highest BCUT2D eigenvalue weighted by Gasteiger charge is 2.48. The number of nitrogen functional groups attached to an aromatic ring is 1. The van der Waals surface area contributed by atoms with Crippen LogP contribution in [0.25, 0.3) is 11.2 Å². The largest absolute Gasteiger partial charge is 0.387 e. The van der Waals surface area contributed by atoms with Crippen LogP contribution >= 0.6 is 0 Å². The molecular weight excluding hydrogens is 340 g/mol. The Balaban J connectivity index is 1.53. The number of hydrogen-bond acceptors (Lipinski definition) is 8. The monoisotopic (exact) mass is 362 g/mol. The minimum Gasteiger partial charge on any atom is -0.387 e. The normalized spacial score (nSPS) is 29.9. The third-order valence-electron chi connectivity index (χ3n) is 5.11. The van der Waals surface area contributed by atoms with E-state index >= 15 is 0 Å². The predicted octanol–water partition coefficient (Wildman–Crippen LogP) is -0.523. The Labute approximate surface area is 149 Å². The van der Waals surface area contributed by atoms with E-state index in [4.69, 9.17) is 10.5 Å². The van der Waals surface area contributed by atoms with Gasteiger partial charge in [0, 0.05) is 6.04 Å². The highest BCUT2D eigenvalue weighted by Crippen LogP contribution is 2.32. The molecule has 10 nitrogen and oxygen atoms in total. The number of amides is 1. The topological polar surface area (TPSA) is 148 Å². The molecule has 1 amide bonds. The molecule has 2 fully saturated rings. The second kappa shape index (κ2) is 6.78. The molecule has 5 N–H and O–H groups in total. The van der Waals surface area contributed by atoms with Crippen LogP contribution in [-0.4, -0.2) is 60.0 Å². The van der Waals surface area contributed by atoms with Crippen molar-refractivity contribution in [2.45, 2.75) is 62.7 Å². The first-order valence-electron chi connectivity index (χ1n) is 8.81. The molecule has 0 unspecified atom stereocenters. The summed E-state index contributed by atoms with van der Waals surface area (Å²) in [6, 6.07) is 0.0878. The van der Waals surface area contributed by atoms with Crippen LogP contribution in [0, 0.1) is 0 Å². The standard InChI is InChI=1S/C16H22N6O4/c17-13-9-14(19-6-18-13)22(7-20-9)16-11(24)10(23)12(26-16)15(25)21-8-4-2-1-3-5-8/h6-8,10-12,16,23-24H,1-5H2,(H,21,25)(H2,17,18,19)/t10-,11+,12-,16+/m0/s1. The zero-order valence-electron chi connectivity index (χ0n) is 14.2. The summed E-state index contributed by atoms with van der Waals surface area (Å²) in [6.45, 7) is 0. The van der Waals surface area contributed by atoms with Crippen LogP contribution in [-0.2, 0) is 9.53 Å². The summed E-state index contributed by atoms with van der Waals surface area (Å²) < 4.78 is 7.14. The second-order valence-corrected chi connectivity index (χ2v) is 6.85. The SMILES string of the molecule is Nc1ncnc2c1ncn2[C@@H]1O[C@H](C(=O)NC2CCCCC2)[C@@H](O)[C@H]1O. The minimum absolute atomic E-state index is 0.0878. The lowest BCUT2D eigenvalue weighted by molar-refractivity contribution is -0.138. The molecular formula is C16H22N6O4. The van der Waals surface area contributed by atoms with E-state index in [-0.39, 0.29) is 11.9 Å². The maximum Gasteiger partial charge on any atom is 0.252 e. The molecule has 1 aliphatic carbocycles. The van der Waals surface area contributed by atoms with Gasteiger partial charge in [0.1, 0.15) is 24.1 Å². The van der Waals surface area contributed by atoms with Crippen LogP contribution in [0.2, 0.25) is 0 Å². The van der Waals surface area contributed by atoms with Crippen molar-refractivity contribution in [3.8, 4) is 0 Å². The van der Waals surface area contributed by atoms with Crippen molar-refractivity contribution < 1.29 is 19.7 Å². The van der Waals surface area contributed by atoms with Gasteiger partial charge in [-0.15, -0.1) is 0 Å². The van der Waals surface area contributed by atoms with E-state index in [0.717, 1.165) is 25.7 Å². The molecule has 0 aromatic carbocycles. The van der Waals surface area contributed by atoms with E-state index in [1.165, 1.54) is 23.6 Å². The lowest BCUT2D eigenvalue weighted by atomic mass is 9.95. The van der Waals surface area contributed by atoms with Gasteiger partial charge >= 0.3 is 0 Å². The fourth-order valence-electron chi connectivity index (χ4n) is 3.69. The Bertz CT molecular complexity index is 805. The number of nitrogens with two attached hydrogens (primary N) is 1. The predicted molar refractivity (Wildman–Crippen MR) is 90.7 cm³/mol. The number of rotatable bonds is 3. The molecule has 140 valence electrons. The molecule has 0 spiro atoms. The van der Waals surface area contributed by atoms with E-state index in [1.807, 2.05) is 0 Å². The first-order chi connectivity index (χ1) is 12.6. The van der Waals surface area contributed by atoms with Crippen LogP contribution in [0.4, 0.5) is 5.82 Å². The van der Waals surface area contributed by atoms with Crippen LogP contribution in [0.1, 0.15) is 38.3 Å². The molecule has 1 saturated carbocycles. The summed E-state index contributed by atoms with van der Waals surface area (Å²) in [4.78, 5) is 24.6. The van der Waals surface area contributed by atoms with Crippen molar-refractivity contribution in [2.24, 2.45) is 0 Å². The number of anilines is 1. The summed E-state index contributed by atoms with van der Waals surface area (Å²) in [6.07, 6.45) is 3.04. The van der Waals surface area contributed by atoms with Gasteiger partial charge in [0.2, 0.25) is 0 Å². The maximum atomic E-state index is 12.5. The lowest BCUT2D eigenvalue weighted by Gasteiger charge is -2.24. The van der Waals surface area contributed by atoms with Crippen molar-refractivity contribution in [1.29, 1.82) is 0 Å². The Morgan fingerprint density at radius 2 is 1.96 bits per heavy atom. The van der Waals surface area contributed by atoms with E-state index < -0.39 is 30.4 Å². The summed E-state index contributed by atoms with van der Waals surface area (Å²) in [5.41, 5.74) is 6.50. The Hall–Kier alpha value is -2.30. The molecule has 2 aromatic rings. The van der Waals surface area contributed by atoms with E-state index in [0.29, 0.717) is 11.2 Å². The molecule has 0 radical (unpaired) electrons. The van der Waals surface area contributed by atoms with Crippen LogP contribution in [0.3, 0.4) is 0 Å². The number of aromatic nitrogens is 4. The number of fused-ring (bicyclic) bond motifs is 1. The lowest BCUT2D eigenvalue weighted by Crippen LogP contribution is -2.47. The Kier molecular flexibility index (Phi) is 4.47. The fourth-order valence-corrected chi connectivity index (χ4v) is 3.69. The van der Waals surface area contributed by atoms with Crippen molar-refractivity contribution in [1.82, 2.24) is 24.8 Å². The molecule has 1 aliphatic heterocycles. The third kappa shape index (κ3) is 2.89. The first kappa shape index (κ1) is 17.1. The van der Waals surface area contributed by atoms with Crippen molar-refractivity contribution >= 4 is 22.9 Å². The van der Waals surface area contributed by atoms with Crippen LogP contribution in [0.15, 0.2) is 12.7 Å². The summed E-state index contributed by atoms with van der Waals surface area (Å²) >= 11 is 0. The number of aliphatic hydroxyl groups is 2. The van der Waals surface area contributed by atoms with E-state index in [2.05, 4.69) is 20.3 Å². The van der Waals surface area contributed by atoms with E-state index in [9.17, 15) is 15.0 Å². The number of nitrogens with zero attached hydrogens (tertiary/aromatic N) is 4. The Morgan fingerprint density at radius 1 is 1.19 bits per heavy atom. The van der Waals surface area contributed by atoms with Gasteiger partial charge in [-0.05, 0) is 12.8 Å². The number of carbonyl (C=O) groups excluding carboxylic acids is 1. The molecule has 1 saturated heterocycles. The average Bonchev–Trinajstić information content (AvgIpc) is 3.19. The molecule has 10 heteroatoms. The smallest absolute Gasteiger partial charge is 0.252 e. The summed E-state index contributed by atoms with van der Waals surface area (Å²) in [7, 11) is 0. The number of nitrogens with one attached hydrogen (secondary N) is 1. The number of ether oxygens (including phenoxy) is 1. The zero-order valence-corrected chi connectivity index (χ0v) is 14.2. The highest BCUT2D eigenvalue weighted by atomic mass is 16.6. The van der Waals surface area contributed by atoms with Crippen LogP contribution in [0.5, 0.6) is 0 Å². The quantitative estimate of drug-likeness (QED) is 0.570. The molecule has 4 atom stereocenters. The summed E-state index contributed by atoms with van der Waals surface area (Å²) in [5.74, 6) is -0.210. The number of aliphatic hydroxyl groups excluding tert-OH is 2. The zero-order chi connectivity index (χ0) is 18.3.